The van der Waals surface area contributed by atoms with E-state index in [0.29, 0.717) is 29.6 Å². The monoisotopic (exact) mass is 502 g/mol. The third kappa shape index (κ3) is 5.82. The van der Waals surface area contributed by atoms with E-state index in [4.69, 9.17) is 9.47 Å². The normalized spacial score (nSPS) is 18.6. The Morgan fingerprint density at radius 1 is 0.973 bits per heavy atom. The van der Waals surface area contributed by atoms with Gasteiger partial charge in [-0.15, -0.1) is 0 Å². The van der Waals surface area contributed by atoms with E-state index in [1.165, 1.54) is 38.5 Å². The number of methoxy groups -OCH3 is 2. The van der Waals surface area contributed by atoms with Gasteiger partial charge >= 0.3 is 0 Å². The molecular weight excluding hydrogens is 464 g/mol. The molecule has 0 unspecified atom stereocenters. The SMILES string of the molecule is COc1ccc(C(=O)N(C[C@@H]2CCCN2CC2CCCCC2)c2cccc(-n3cccn3)c2)cc1OC. The number of amides is 1. The molecule has 0 N–H and O–H groups in total. The zero-order chi connectivity index (χ0) is 25.6. The number of hydrogen-bond acceptors (Lipinski definition) is 5. The van der Waals surface area contributed by atoms with Gasteiger partial charge < -0.3 is 14.4 Å². The lowest BCUT2D eigenvalue weighted by molar-refractivity contribution is 0.0975. The molecule has 1 saturated heterocycles. The number of benzene rings is 2. The van der Waals surface area contributed by atoms with E-state index in [-0.39, 0.29) is 5.91 Å². The Morgan fingerprint density at radius 3 is 2.57 bits per heavy atom. The van der Waals surface area contributed by atoms with Gasteiger partial charge in [-0.05, 0) is 80.6 Å². The molecule has 0 bridgehead atoms. The molecule has 2 aromatic carbocycles. The van der Waals surface area contributed by atoms with Crippen LogP contribution < -0.4 is 14.4 Å². The van der Waals surface area contributed by atoms with Gasteiger partial charge in [-0.3, -0.25) is 9.69 Å². The van der Waals surface area contributed by atoms with E-state index in [0.717, 1.165) is 36.8 Å². The van der Waals surface area contributed by atoms with Crippen molar-refractivity contribution in [2.75, 3.05) is 38.8 Å². The molecule has 2 aliphatic rings. The summed E-state index contributed by atoms with van der Waals surface area (Å²) in [6, 6.07) is 15.7. The number of hydrogen-bond donors (Lipinski definition) is 0. The highest BCUT2D eigenvalue weighted by molar-refractivity contribution is 6.06. The molecule has 1 saturated carbocycles. The van der Waals surface area contributed by atoms with Crippen LogP contribution in [0.5, 0.6) is 11.5 Å². The van der Waals surface area contributed by atoms with Crippen molar-refractivity contribution < 1.29 is 14.3 Å². The maximum absolute atomic E-state index is 14.1. The fourth-order valence-electron chi connectivity index (χ4n) is 5.91. The first-order valence-electron chi connectivity index (χ1n) is 13.5. The Labute approximate surface area is 220 Å². The summed E-state index contributed by atoms with van der Waals surface area (Å²) in [7, 11) is 3.20. The molecular formula is C30H38N4O3. The lowest BCUT2D eigenvalue weighted by Crippen LogP contribution is -2.45. The molecule has 1 atom stereocenters. The summed E-state index contributed by atoms with van der Waals surface area (Å²) in [5, 5.41) is 4.39. The Bertz CT molecular complexity index is 1170. The standard InChI is InChI=1S/C30H38N4O3/c1-36-28-15-14-24(19-29(28)37-2)30(35)33(25-11-6-12-26(20-25)34-18-8-16-31-34)22-27-13-7-17-32(27)21-23-9-4-3-5-10-23/h6,8,11-12,14-16,18-20,23,27H,3-5,7,9-10,13,17,21-22H2,1-2H3/t27-/m0/s1. The van der Waals surface area contributed by atoms with Crippen molar-refractivity contribution in [1.82, 2.24) is 14.7 Å². The average molecular weight is 503 g/mol. The lowest BCUT2D eigenvalue weighted by atomic mass is 9.89. The highest BCUT2D eigenvalue weighted by Crippen LogP contribution is 2.32. The topological polar surface area (TPSA) is 59.8 Å². The molecule has 7 heteroatoms. The van der Waals surface area contributed by atoms with Crippen molar-refractivity contribution in [3.63, 3.8) is 0 Å². The Kier molecular flexibility index (Phi) is 8.09. The van der Waals surface area contributed by atoms with Crippen LogP contribution in [0.1, 0.15) is 55.3 Å². The van der Waals surface area contributed by atoms with E-state index in [2.05, 4.69) is 10.00 Å². The summed E-state index contributed by atoms with van der Waals surface area (Å²) in [5.74, 6) is 1.91. The third-order valence-corrected chi connectivity index (χ3v) is 7.90. The molecule has 196 valence electrons. The number of likely N-dealkylation sites (tertiary alicyclic amines) is 1. The van der Waals surface area contributed by atoms with Crippen LogP contribution in [-0.2, 0) is 0 Å². The number of carbonyl (C=O) groups is 1. The Balaban J connectivity index is 1.44. The smallest absolute Gasteiger partial charge is 0.258 e. The molecule has 0 spiro atoms. The fraction of sp³-hybridized carbons (Fsp3) is 0.467. The predicted molar refractivity (Wildman–Crippen MR) is 146 cm³/mol. The van der Waals surface area contributed by atoms with Gasteiger partial charge in [0.2, 0.25) is 0 Å². The number of aromatic nitrogens is 2. The second kappa shape index (κ2) is 11.8. The van der Waals surface area contributed by atoms with Crippen molar-refractivity contribution in [2.24, 2.45) is 5.92 Å². The first kappa shape index (κ1) is 25.3. The van der Waals surface area contributed by atoms with E-state index < -0.39 is 0 Å². The van der Waals surface area contributed by atoms with E-state index >= 15 is 0 Å². The molecule has 1 aliphatic carbocycles. The van der Waals surface area contributed by atoms with E-state index in [9.17, 15) is 4.79 Å². The summed E-state index contributed by atoms with van der Waals surface area (Å²) < 4.78 is 12.7. The van der Waals surface area contributed by atoms with Gasteiger partial charge in [0.1, 0.15) is 0 Å². The maximum Gasteiger partial charge on any atom is 0.258 e. The number of anilines is 1. The molecule has 2 fully saturated rings. The first-order chi connectivity index (χ1) is 18.2. The lowest BCUT2D eigenvalue weighted by Gasteiger charge is -2.34. The molecule has 2 heterocycles. The summed E-state index contributed by atoms with van der Waals surface area (Å²) in [6.45, 7) is 2.92. The van der Waals surface area contributed by atoms with Gasteiger partial charge in [-0.1, -0.05) is 25.3 Å². The number of rotatable bonds is 9. The number of carbonyl (C=O) groups excluding carboxylic acids is 1. The summed E-state index contributed by atoms with van der Waals surface area (Å²) in [4.78, 5) is 18.7. The van der Waals surface area contributed by atoms with Crippen LogP contribution in [-0.4, -0.2) is 60.5 Å². The van der Waals surface area contributed by atoms with Gasteiger partial charge in [0, 0.05) is 42.8 Å². The van der Waals surface area contributed by atoms with Crippen molar-refractivity contribution in [2.45, 2.75) is 51.0 Å². The Hall–Kier alpha value is -3.32. The average Bonchev–Trinajstić information content (AvgIpc) is 3.64. The highest BCUT2D eigenvalue weighted by atomic mass is 16.5. The fourth-order valence-corrected chi connectivity index (χ4v) is 5.91. The van der Waals surface area contributed by atoms with Crippen molar-refractivity contribution in [3.8, 4) is 17.2 Å². The van der Waals surface area contributed by atoms with E-state index in [1.807, 2.05) is 52.2 Å². The van der Waals surface area contributed by atoms with Gasteiger partial charge in [-0.2, -0.15) is 5.10 Å². The second-order valence-electron chi connectivity index (χ2n) is 10.3. The van der Waals surface area contributed by atoms with Crippen LogP contribution in [0.4, 0.5) is 5.69 Å². The van der Waals surface area contributed by atoms with Crippen LogP contribution in [0.25, 0.3) is 5.69 Å². The minimum absolute atomic E-state index is 0.0388. The summed E-state index contributed by atoms with van der Waals surface area (Å²) in [6.07, 6.45) is 12.7. The van der Waals surface area contributed by atoms with Gasteiger partial charge in [0.25, 0.3) is 5.91 Å². The van der Waals surface area contributed by atoms with Crippen molar-refractivity contribution in [3.05, 3.63) is 66.5 Å². The zero-order valence-corrected chi connectivity index (χ0v) is 22.0. The maximum atomic E-state index is 14.1. The Morgan fingerprint density at radius 2 is 1.81 bits per heavy atom. The predicted octanol–water partition coefficient (Wildman–Crippen LogP) is 5.58. The van der Waals surface area contributed by atoms with Crippen LogP contribution >= 0.6 is 0 Å². The van der Waals surface area contributed by atoms with Crippen molar-refractivity contribution >= 4 is 11.6 Å². The van der Waals surface area contributed by atoms with Crippen LogP contribution in [0, 0.1) is 5.92 Å². The van der Waals surface area contributed by atoms with Crippen LogP contribution in [0.3, 0.4) is 0 Å². The molecule has 7 nitrogen and oxygen atoms in total. The van der Waals surface area contributed by atoms with E-state index in [1.54, 1.807) is 32.5 Å². The van der Waals surface area contributed by atoms with Gasteiger partial charge in [0.05, 0.1) is 19.9 Å². The molecule has 3 aromatic rings. The third-order valence-electron chi connectivity index (χ3n) is 7.90. The minimum Gasteiger partial charge on any atom is -0.493 e. The quantitative estimate of drug-likeness (QED) is 0.382. The minimum atomic E-state index is -0.0388. The van der Waals surface area contributed by atoms with Gasteiger partial charge in [0.15, 0.2) is 11.5 Å². The van der Waals surface area contributed by atoms with Crippen LogP contribution in [0.15, 0.2) is 60.9 Å². The molecule has 1 aromatic heterocycles. The summed E-state index contributed by atoms with van der Waals surface area (Å²) >= 11 is 0. The molecule has 1 amide bonds. The second-order valence-corrected chi connectivity index (χ2v) is 10.3. The van der Waals surface area contributed by atoms with Crippen LogP contribution in [0.2, 0.25) is 0 Å². The molecule has 37 heavy (non-hydrogen) atoms. The highest BCUT2D eigenvalue weighted by Gasteiger charge is 2.31. The summed E-state index contributed by atoms with van der Waals surface area (Å²) in [5.41, 5.74) is 2.38. The molecule has 0 radical (unpaired) electrons. The number of ether oxygens (including phenoxy) is 2. The molecule has 5 rings (SSSR count). The largest absolute Gasteiger partial charge is 0.493 e. The van der Waals surface area contributed by atoms with Gasteiger partial charge in [-0.25, -0.2) is 4.68 Å². The number of nitrogens with zero attached hydrogens (tertiary/aromatic N) is 4. The first-order valence-corrected chi connectivity index (χ1v) is 13.5. The van der Waals surface area contributed by atoms with Crippen molar-refractivity contribution in [1.29, 1.82) is 0 Å². The zero-order valence-electron chi connectivity index (χ0n) is 22.0. The molecule has 1 aliphatic heterocycles.